The predicted octanol–water partition coefficient (Wildman–Crippen LogP) is 2.55. The fourth-order valence-corrected chi connectivity index (χ4v) is 3.98. The summed E-state index contributed by atoms with van der Waals surface area (Å²) in [7, 11) is -0.924. The van der Waals surface area contributed by atoms with Gasteiger partial charge in [0.25, 0.3) is 10.0 Å². The van der Waals surface area contributed by atoms with Gasteiger partial charge in [0.2, 0.25) is 11.8 Å². The molecule has 1 fully saturated rings. The summed E-state index contributed by atoms with van der Waals surface area (Å²) in [4.78, 5) is 25.1. The van der Waals surface area contributed by atoms with Gasteiger partial charge in [0.1, 0.15) is 0 Å². The van der Waals surface area contributed by atoms with E-state index in [1.54, 1.807) is 12.1 Å². The van der Waals surface area contributed by atoms with Crippen molar-refractivity contribution in [1.29, 1.82) is 0 Å². The number of carbonyl (C=O) groups is 2. The third-order valence-electron chi connectivity index (χ3n) is 4.32. The highest BCUT2D eigenvalue weighted by Crippen LogP contribution is 2.31. The second-order valence-electron chi connectivity index (χ2n) is 6.15. The van der Waals surface area contributed by atoms with Crippen molar-refractivity contribution < 1.29 is 27.5 Å². The van der Waals surface area contributed by atoms with E-state index in [1.807, 2.05) is 0 Å². The van der Waals surface area contributed by atoms with Crippen molar-refractivity contribution in [2.24, 2.45) is 0 Å². The van der Waals surface area contributed by atoms with Crippen LogP contribution in [0.4, 0.5) is 11.4 Å². The minimum absolute atomic E-state index is 0.00272. The van der Waals surface area contributed by atoms with Gasteiger partial charge in [-0.3, -0.25) is 19.2 Å². The highest BCUT2D eigenvalue weighted by molar-refractivity contribution is 7.92. The van der Waals surface area contributed by atoms with Crippen LogP contribution in [-0.2, 0) is 19.6 Å². The Hall–Kier alpha value is -3.07. The van der Waals surface area contributed by atoms with Crippen LogP contribution in [0.25, 0.3) is 0 Å². The van der Waals surface area contributed by atoms with E-state index >= 15 is 0 Å². The molecule has 3 rings (SSSR count). The first-order valence-corrected chi connectivity index (χ1v) is 10.0. The number of piperidine rings is 1. The van der Waals surface area contributed by atoms with Gasteiger partial charge in [-0.1, -0.05) is 0 Å². The molecule has 1 aliphatic rings. The van der Waals surface area contributed by atoms with E-state index in [2.05, 4.69) is 4.72 Å². The molecule has 148 valence electrons. The molecule has 2 aromatic rings. The number of ether oxygens (including phenoxy) is 2. The summed E-state index contributed by atoms with van der Waals surface area (Å²) in [6.45, 7) is 0. The maximum Gasteiger partial charge on any atom is 0.261 e. The first-order valence-electron chi connectivity index (χ1n) is 8.56. The van der Waals surface area contributed by atoms with E-state index in [9.17, 15) is 18.0 Å². The molecule has 2 amide bonds. The Morgan fingerprint density at radius 2 is 1.50 bits per heavy atom. The van der Waals surface area contributed by atoms with Gasteiger partial charge in [0, 0.05) is 18.9 Å². The molecule has 0 atom stereocenters. The van der Waals surface area contributed by atoms with Crippen molar-refractivity contribution in [3.63, 3.8) is 0 Å². The Kier molecular flexibility index (Phi) is 5.55. The summed E-state index contributed by atoms with van der Waals surface area (Å²) in [6, 6.07) is 10.3. The van der Waals surface area contributed by atoms with Crippen molar-refractivity contribution in [3.8, 4) is 11.5 Å². The van der Waals surface area contributed by atoms with E-state index in [0.717, 1.165) is 4.90 Å². The van der Waals surface area contributed by atoms with Crippen LogP contribution in [-0.4, -0.2) is 34.5 Å². The van der Waals surface area contributed by atoms with Crippen molar-refractivity contribution in [2.45, 2.75) is 24.2 Å². The Bertz CT molecular complexity index is 986. The molecule has 1 saturated heterocycles. The summed E-state index contributed by atoms with van der Waals surface area (Å²) in [6.07, 6.45) is 1.13. The fourth-order valence-electron chi connectivity index (χ4n) is 2.93. The number of hydrogen-bond acceptors (Lipinski definition) is 6. The van der Waals surface area contributed by atoms with Crippen LogP contribution in [0.5, 0.6) is 11.5 Å². The van der Waals surface area contributed by atoms with Gasteiger partial charge in [-0.25, -0.2) is 8.42 Å². The number of methoxy groups -OCH3 is 2. The van der Waals surface area contributed by atoms with Crippen LogP contribution in [0, 0.1) is 0 Å². The molecule has 0 unspecified atom stereocenters. The van der Waals surface area contributed by atoms with Crippen LogP contribution >= 0.6 is 0 Å². The topological polar surface area (TPSA) is 102 Å². The van der Waals surface area contributed by atoms with Crippen LogP contribution in [0.1, 0.15) is 19.3 Å². The molecule has 1 N–H and O–H groups in total. The fraction of sp³-hybridized carbons (Fsp3) is 0.263. The average molecular weight is 404 g/mol. The maximum absolute atomic E-state index is 12.6. The quantitative estimate of drug-likeness (QED) is 0.743. The molecule has 0 saturated carbocycles. The standard InChI is InChI=1S/C19H20N2O6S/c1-26-16-11-6-13(12-17(16)27-2)20-28(24,25)15-9-7-14(8-10-15)21-18(22)4-3-5-19(21)23/h6-12,20H,3-5H2,1-2H3. The third-order valence-corrected chi connectivity index (χ3v) is 5.72. The van der Waals surface area contributed by atoms with E-state index in [1.165, 1.54) is 44.6 Å². The molecule has 2 aromatic carbocycles. The van der Waals surface area contributed by atoms with Crippen molar-refractivity contribution in [1.82, 2.24) is 0 Å². The van der Waals surface area contributed by atoms with Gasteiger partial charge in [-0.05, 0) is 42.8 Å². The molecule has 0 aliphatic carbocycles. The zero-order valence-corrected chi connectivity index (χ0v) is 16.3. The summed E-state index contributed by atoms with van der Waals surface area (Å²) < 4.78 is 38.1. The SMILES string of the molecule is COc1ccc(NS(=O)(=O)c2ccc(N3C(=O)CCCC3=O)cc2)cc1OC. The van der Waals surface area contributed by atoms with Gasteiger partial charge >= 0.3 is 0 Å². The second kappa shape index (κ2) is 7.89. The molecule has 0 radical (unpaired) electrons. The van der Waals surface area contributed by atoms with E-state index in [4.69, 9.17) is 9.47 Å². The number of imide groups is 1. The number of carbonyl (C=O) groups excluding carboxylic acids is 2. The molecule has 1 aliphatic heterocycles. The number of nitrogens with zero attached hydrogens (tertiary/aromatic N) is 1. The van der Waals surface area contributed by atoms with Gasteiger partial charge in [0.15, 0.2) is 11.5 Å². The predicted molar refractivity (Wildman–Crippen MR) is 103 cm³/mol. The summed E-state index contributed by atoms with van der Waals surface area (Å²) in [5, 5.41) is 0. The lowest BCUT2D eigenvalue weighted by atomic mass is 10.1. The Morgan fingerprint density at radius 3 is 2.07 bits per heavy atom. The molecule has 0 aromatic heterocycles. The largest absolute Gasteiger partial charge is 0.493 e. The zero-order valence-electron chi connectivity index (χ0n) is 15.5. The summed E-state index contributed by atoms with van der Waals surface area (Å²) in [5.41, 5.74) is 0.669. The van der Waals surface area contributed by atoms with E-state index in [-0.39, 0.29) is 16.7 Å². The lowest BCUT2D eigenvalue weighted by Gasteiger charge is -2.24. The molecule has 9 heteroatoms. The minimum Gasteiger partial charge on any atom is -0.493 e. The zero-order chi connectivity index (χ0) is 20.3. The minimum atomic E-state index is -3.87. The number of anilines is 2. The van der Waals surface area contributed by atoms with Crippen LogP contribution in [0.15, 0.2) is 47.4 Å². The van der Waals surface area contributed by atoms with Crippen LogP contribution in [0.3, 0.4) is 0 Å². The molecular formula is C19H20N2O6S. The van der Waals surface area contributed by atoms with Gasteiger partial charge < -0.3 is 9.47 Å². The van der Waals surface area contributed by atoms with Crippen LogP contribution < -0.4 is 19.1 Å². The van der Waals surface area contributed by atoms with E-state index < -0.39 is 10.0 Å². The monoisotopic (exact) mass is 404 g/mol. The normalized spacial score (nSPS) is 14.7. The smallest absolute Gasteiger partial charge is 0.261 e. The lowest BCUT2D eigenvalue weighted by molar-refractivity contribution is -0.129. The van der Waals surface area contributed by atoms with Crippen molar-refractivity contribution >= 4 is 33.2 Å². The second-order valence-corrected chi connectivity index (χ2v) is 7.83. The Morgan fingerprint density at radius 1 is 0.893 bits per heavy atom. The molecule has 0 spiro atoms. The lowest BCUT2D eigenvalue weighted by Crippen LogP contribution is -2.40. The molecule has 0 bridgehead atoms. The van der Waals surface area contributed by atoms with Gasteiger partial charge in [-0.15, -0.1) is 0 Å². The maximum atomic E-state index is 12.6. The van der Waals surface area contributed by atoms with Gasteiger partial charge in [-0.2, -0.15) is 0 Å². The molecule has 8 nitrogen and oxygen atoms in total. The number of amides is 2. The summed E-state index contributed by atoms with van der Waals surface area (Å²) >= 11 is 0. The number of sulfonamides is 1. The molecular weight excluding hydrogens is 384 g/mol. The Balaban J connectivity index is 1.83. The van der Waals surface area contributed by atoms with E-state index in [0.29, 0.717) is 42.1 Å². The number of benzene rings is 2. The molecule has 1 heterocycles. The third kappa shape index (κ3) is 3.94. The van der Waals surface area contributed by atoms with Crippen molar-refractivity contribution in [2.75, 3.05) is 23.8 Å². The molecule has 28 heavy (non-hydrogen) atoms. The number of nitrogens with one attached hydrogen (secondary N) is 1. The first-order chi connectivity index (χ1) is 13.4. The number of hydrogen-bond donors (Lipinski definition) is 1. The highest BCUT2D eigenvalue weighted by atomic mass is 32.2. The highest BCUT2D eigenvalue weighted by Gasteiger charge is 2.27. The summed E-state index contributed by atoms with van der Waals surface area (Å²) in [5.74, 6) is 0.302. The first kappa shape index (κ1) is 19.7. The van der Waals surface area contributed by atoms with Crippen molar-refractivity contribution in [3.05, 3.63) is 42.5 Å². The number of rotatable bonds is 6. The average Bonchev–Trinajstić information content (AvgIpc) is 2.68. The van der Waals surface area contributed by atoms with Crippen LogP contribution in [0.2, 0.25) is 0 Å². The van der Waals surface area contributed by atoms with Gasteiger partial charge in [0.05, 0.1) is 30.5 Å². The Labute approximate surface area is 163 Å².